The Hall–Kier alpha value is -2.52. The van der Waals surface area contributed by atoms with Gasteiger partial charge < -0.3 is 9.47 Å². The fourth-order valence-corrected chi connectivity index (χ4v) is 3.96. The molecule has 4 nitrogen and oxygen atoms in total. The van der Waals surface area contributed by atoms with Crippen molar-refractivity contribution in [2.75, 3.05) is 11.7 Å². The van der Waals surface area contributed by atoms with Crippen molar-refractivity contribution in [3.05, 3.63) is 58.5 Å². The molecular formula is C18H10F3NO3S2. The normalized spacial score (nSPS) is 17.9. The lowest BCUT2D eigenvalue weighted by atomic mass is 10.1. The monoisotopic (exact) mass is 409 g/mol. The van der Waals surface area contributed by atoms with E-state index in [0.29, 0.717) is 22.0 Å². The lowest BCUT2D eigenvalue weighted by molar-refractivity contribution is -0.137. The van der Waals surface area contributed by atoms with Crippen LogP contribution in [0.4, 0.5) is 18.9 Å². The lowest BCUT2D eigenvalue weighted by Gasteiger charge is -2.16. The Morgan fingerprint density at radius 3 is 2.67 bits per heavy atom. The quantitative estimate of drug-likeness (QED) is 0.524. The third-order valence-corrected chi connectivity index (χ3v) is 5.22. The fourth-order valence-electron chi connectivity index (χ4n) is 2.67. The van der Waals surface area contributed by atoms with Crippen LogP contribution in [0.25, 0.3) is 6.08 Å². The summed E-state index contributed by atoms with van der Waals surface area (Å²) in [5, 5.41) is 0. The molecule has 1 amide bonds. The first-order valence-electron chi connectivity index (χ1n) is 7.68. The van der Waals surface area contributed by atoms with Crippen LogP contribution in [0.3, 0.4) is 0 Å². The first-order chi connectivity index (χ1) is 12.8. The Morgan fingerprint density at radius 2 is 1.89 bits per heavy atom. The van der Waals surface area contributed by atoms with Gasteiger partial charge in [0.15, 0.2) is 15.8 Å². The number of anilines is 1. The van der Waals surface area contributed by atoms with Crippen molar-refractivity contribution in [1.82, 2.24) is 0 Å². The van der Waals surface area contributed by atoms with E-state index in [2.05, 4.69) is 0 Å². The van der Waals surface area contributed by atoms with Crippen LogP contribution in [-0.4, -0.2) is 17.0 Å². The molecule has 0 bridgehead atoms. The highest BCUT2D eigenvalue weighted by molar-refractivity contribution is 8.27. The number of hydrogen-bond donors (Lipinski definition) is 0. The minimum absolute atomic E-state index is 0.0846. The van der Waals surface area contributed by atoms with Gasteiger partial charge in [-0.1, -0.05) is 36.1 Å². The lowest BCUT2D eigenvalue weighted by Crippen LogP contribution is -2.27. The molecule has 2 aliphatic heterocycles. The number of thioether (sulfide) groups is 1. The summed E-state index contributed by atoms with van der Waals surface area (Å²) in [5.74, 6) is 0.711. The van der Waals surface area contributed by atoms with Crippen LogP contribution in [-0.2, 0) is 11.0 Å². The number of benzene rings is 2. The Labute approximate surface area is 161 Å². The minimum atomic E-state index is -4.50. The van der Waals surface area contributed by atoms with Crippen LogP contribution < -0.4 is 14.4 Å². The first-order valence-corrected chi connectivity index (χ1v) is 8.90. The number of ether oxygens (including phenoxy) is 2. The van der Waals surface area contributed by atoms with E-state index >= 15 is 0 Å². The molecular weight excluding hydrogens is 399 g/mol. The van der Waals surface area contributed by atoms with Crippen LogP contribution in [0.2, 0.25) is 0 Å². The molecule has 9 heteroatoms. The zero-order chi connectivity index (χ0) is 19.2. The zero-order valence-electron chi connectivity index (χ0n) is 13.4. The molecule has 1 saturated heterocycles. The van der Waals surface area contributed by atoms with Crippen molar-refractivity contribution in [2.24, 2.45) is 0 Å². The predicted octanol–water partition coefficient (Wildman–Crippen LogP) is 4.84. The number of halogens is 3. The van der Waals surface area contributed by atoms with Gasteiger partial charge in [0.2, 0.25) is 6.79 Å². The summed E-state index contributed by atoms with van der Waals surface area (Å²) in [7, 11) is 0. The summed E-state index contributed by atoms with van der Waals surface area (Å²) in [6, 6.07) is 9.73. The smallest absolute Gasteiger partial charge is 0.416 e. The Balaban J connectivity index is 1.65. The van der Waals surface area contributed by atoms with Crippen LogP contribution in [0.5, 0.6) is 11.5 Å². The summed E-state index contributed by atoms with van der Waals surface area (Å²) >= 11 is 6.24. The van der Waals surface area contributed by atoms with Gasteiger partial charge in [-0.2, -0.15) is 13.2 Å². The van der Waals surface area contributed by atoms with Crippen molar-refractivity contribution in [2.45, 2.75) is 6.18 Å². The molecule has 1 fully saturated rings. The maximum absolute atomic E-state index is 12.9. The highest BCUT2D eigenvalue weighted by atomic mass is 32.2. The molecule has 0 aliphatic carbocycles. The second-order valence-corrected chi connectivity index (χ2v) is 7.35. The van der Waals surface area contributed by atoms with E-state index in [1.807, 2.05) is 0 Å². The molecule has 2 aromatic rings. The van der Waals surface area contributed by atoms with Gasteiger partial charge >= 0.3 is 6.18 Å². The highest BCUT2D eigenvalue weighted by Crippen LogP contribution is 2.39. The maximum atomic E-state index is 12.9. The average molecular weight is 409 g/mol. The molecule has 0 N–H and O–H groups in total. The van der Waals surface area contributed by atoms with Crippen LogP contribution >= 0.6 is 24.0 Å². The number of carbonyl (C=O) groups excluding carboxylic acids is 1. The number of alkyl halides is 3. The first kappa shape index (κ1) is 17.9. The van der Waals surface area contributed by atoms with Crippen LogP contribution in [0, 0.1) is 0 Å². The summed E-state index contributed by atoms with van der Waals surface area (Å²) in [4.78, 5) is 14.1. The topological polar surface area (TPSA) is 38.8 Å². The van der Waals surface area contributed by atoms with Gasteiger partial charge in [-0.3, -0.25) is 9.69 Å². The molecule has 4 rings (SSSR count). The Kier molecular flexibility index (Phi) is 4.35. The SMILES string of the molecule is O=C1/C(=C/c2ccc3c(c2)OCO3)SC(=S)N1c1cccc(C(F)(F)F)c1. The van der Waals surface area contributed by atoms with E-state index in [0.717, 1.165) is 28.8 Å². The van der Waals surface area contributed by atoms with Gasteiger partial charge in [0.25, 0.3) is 5.91 Å². The molecule has 0 saturated carbocycles. The summed E-state index contributed by atoms with van der Waals surface area (Å²) in [6.07, 6.45) is -2.88. The van der Waals surface area contributed by atoms with E-state index in [1.165, 1.54) is 12.1 Å². The number of carbonyl (C=O) groups is 1. The van der Waals surface area contributed by atoms with E-state index in [-0.39, 0.29) is 16.8 Å². The average Bonchev–Trinajstić information content (AvgIpc) is 3.18. The largest absolute Gasteiger partial charge is 0.454 e. The Morgan fingerprint density at radius 1 is 1.11 bits per heavy atom. The molecule has 0 aromatic heterocycles. The molecule has 0 spiro atoms. The third kappa shape index (κ3) is 3.40. The van der Waals surface area contributed by atoms with E-state index < -0.39 is 17.6 Å². The summed E-state index contributed by atoms with van der Waals surface area (Å²) in [6.45, 7) is 0.135. The van der Waals surface area contributed by atoms with Gasteiger partial charge in [0, 0.05) is 0 Å². The van der Waals surface area contributed by atoms with Crippen molar-refractivity contribution in [1.29, 1.82) is 0 Å². The van der Waals surface area contributed by atoms with E-state index in [1.54, 1.807) is 24.3 Å². The van der Waals surface area contributed by atoms with E-state index in [9.17, 15) is 18.0 Å². The number of amides is 1. The van der Waals surface area contributed by atoms with Gasteiger partial charge in [-0.05, 0) is 42.0 Å². The van der Waals surface area contributed by atoms with Gasteiger partial charge in [-0.25, -0.2) is 0 Å². The number of thiocarbonyl (C=S) groups is 1. The molecule has 27 heavy (non-hydrogen) atoms. The number of nitrogens with zero attached hydrogens (tertiary/aromatic N) is 1. The van der Waals surface area contributed by atoms with Gasteiger partial charge in [-0.15, -0.1) is 0 Å². The maximum Gasteiger partial charge on any atom is 0.416 e. The molecule has 0 atom stereocenters. The summed E-state index contributed by atoms with van der Waals surface area (Å²) < 4.78 is 49.6. The fraction of sp³-hybridized carbons (Fsp3) is 0.111. The van der Waals surface area contributed by atoms with Crippen LogP contribution in [0.1, 0.15) is 11.1 Å². The summed E-state index contributed by atoms with van der Waals surface area (Å²) in [5.41, 5.74) is -0.0565. The van der Waals surface area contributed by atoms with Crippen molar-refractivity contribution >= 4 is 46.0 Å². The highest BCUT2D eigenvalue weighted by Gasteiger charge is 2.36. The van der Waals surface area contributed by atoms with E-state index in [4.69, 9.17) is 21.7 Å². The van der Waals surface area contributed by atoms with Crippen molar-refractivity contribution in [3.63, 3.8) is 0 Å². The molecule has 0 radical (unpaired) electrons. The molecule has 0 unspecified atom stereocenters. The van der Waals surface area contributed by atoms with Gasteiger partial charge in [0.1, 0.15) is 0 Å². The minimum Gasteiger partial charge on any atom is -0.454 e. The molecule has 2 heterocycles. The zero-order valence-corrected chi connectivity index (χ0v) is 15.1. The number of hydrogen-bond acceptors (Lipinski definition) is 5. The number of rotatable bonds is 2. The van der Waals surface area contributed by atoms with Crippen molar-refractivity contribution in [3.8, 4) is 11.5 Å². The third-order valence-electron chi connectivity index (χ3n) is 3.92. The van der Waals surface area contributed by atoms with Crippen LogP contribution in [0.15, 0.2) is 47.4 Å². The standard InChI is InChI=1S/C18H10F3NO3S2/c19-18(20,21)11-2-1-3-12(8-11)22-16(23)15(27-17(22)26)7-10-4-5-13-14(6-10)25-9-24-13/h1-8H,9H2/b15-7-. The second kappa shape index (κ2) is 6.58. The van der Waals surface area contributed by atoms with Gasteiger partial charge in [0.05, 0.1) is 16.2 Å². The predicted molar refractivity (Wildman–Crippen MR) is 99.7 cm³/mol. The second-order valence-electron chi connectivity index (χ2n) is 5.68. The Bertz CT molecular complexity index is 988. The number of fused-ring (bicyclic) bond motifs is 1. The van der Waals surface area contributed by atoms with Crippen molar-refractivity contribution < 1.29 is 27.4 Å². The molecule has 138 valence electrons. The molecule has 2 aromatic carbocycles. The molecule has 2 aliphatic rings.